The van der Waals surface area contributed by atoms with Gasteiger partial charge in [0.2, 0.25) is 10.0 Å². The number of carbonyl (C=O) groups is 1. The Morgan fingerprint density at radius 2 is 1.62 bits per heavy atom. The van der Waals surface area contributed by atoms with Gasteiger partial charge in [0.25, 0.3) is 5.91 Å². The number of halogens is 1. The molecule has 1 amide bonds. The lowest BCUT2D eigenvalue weighted by atomic mass is 10.0. The number of aromatic nitrogens is 1. The Morgan fingerprint density at radius 1 is 0.892 bits per heavy atom. The maximum Gasteiger partial charge on any atom is 0.253 e. The van der Waals surface area contributed by atoms with Crippen molar-refractivity contribution in [3.8, 4) is 0 Å². The second-order valence-electron chi connectivity index (χ2n) is 9.27. The fraction of sp³-hybridized carbons (Fsp3) is 0.259. The number of carbonyl (C=O) groups excluding carboxylic acids is 1. The van der Waals surface area contributed by atoms with Crippen LogP contribution in [0.4, 0.5) is 9.52 Å². The molecule has 7 nitrogen and oxygen atoms in total. The zero-order valence-corrected chi connectivity index (χ0v) is 21.6. The summed E-state index contributed by atoms with van der Waals surface area (Å²) in [6.07, 6.45) is 0.686. The normalized spacial score (nSPS) is 16.7. The number of anilines is 1. The lowest BCUT2D eigenvalue weighted by Crippen LogP contribution is -2.48. The van der Waals surface area contributed by atoms with Crippen LogP contribution >= 0.6 is 11.3 Å². The molecule has 1 saturated heterocycles. The van der Waals surface area contributed by atoms with E-state index in [0.717, 1.165) is 20.9 Å². The molecular formula is C27H25FN4O3S2. The van der Waals surface area contributed by atoms with E-state index in [2.05, 4.69) is 9.88 Å². The van der Waals surface area contributed by atoms with Crippen LogP contribution in [0.5, 0.6) is 0 Å². The molecule has 3 aromatic carbocycles. The minimum Gasteiger partial charge on any atom is -0.345 e. The number of piperazine rings is 1. The summed E-state index contributed by atoms with van der Waals surface area (Å²) >= 11 is 1.45. The monoisotopic (exact) mass is 536 g/mol. The van der Waals surface area contributed by atoms with Gasteiger partial charge in [-0.3, -0.25) is 4.79 Å². The van der Waals surface area contributed by atoms with Crippen molar-refractivity contribution in [1.29, 1.82) is 0 Å². The third-order valence-corrected chi connectivity index (χ3v) is 9.95. The van der Waals surface area contributed by atoms with E-state index in [-0.39, 0.29) is 16.6 Å². The number of amides is 1. The van der Waals surface area contributed by atoms with Crippen molar-refractivity contribution in [2.45, 2.75) is 17.9 Å². The van der Waals surface area contributed by atoms with E-state index in [1.807, 2.05) is 24.3 Å². The Morgan fingerprint density at radius 3 is 2.38 bits per heavy atom. The molecule has 1 aromatic heterocycles. The molecule has 0 spiro atoms. The van der Waals surface area contributed by atoms with Crippen LogP contribution in [0.25, 0.3) is 10.2 Å². The van der Waals surface area contributed by atoms with Crippen LogP contribution in [0, 0.1) is 5.82 Å². The first kappa shape index (κ1) is 24.0. The third-order valence-electron chi connectivity index (χ3n) is 7.01. The van der Waals surface area contributed by atoms with E-state index in [4.69, 9.17) is 0 Å². The van der Waals surface area contributed by atoms with Crippen LogP contribution in [-0.4, -0.2) is 61.2 Å². The van der Waals surface area contributed by atoms with Crippen molar-refractivity contribution in [3.63, 3.8) is 0 Å². The average Bonchev–Trinajstić information content (AvgIpc) is 3.36. The van der Waals surface area contributed by atoms with E-state index in [9.17, 15) is 17.6 Å². The van der Waals surface area contributed by atoms with Gasteiger partial charge < -0.3 is 9.80 Å². The third kappa shape index (κ3) is 4.60. The molecule has 6 rings (SSSR count). The van der Waals surface area contributed by atoms with Crippen LogP contribution in [-0.2, 0) is 23.0 Å². The van der Waals surface area contributed by atoms with E-state index in [0.29, 0.717) is 51.3 Å². The number of sulfonamides is 1. The van der Waals surface area contributed by atoms with Crippen molar-refractivity contribution in [2.24, 2.45) is 0 Å². The Hall–Kier alpha value is -3.34. The number of hydrogen-bond donors (Lipinski definition) is 0. The molecule has 0 bridgehead atoms. The SMILES string of the molecule is O=C(c1ccc(S(=O)(=O)N2CCc3ccccc3C2)cc1)N1CCN(c2nc3ccc(F)cc3s2)CC1. The highest BCUT2D eigenvalue weighted by Crippen LogP contribution is 2.30. The van der Waals surface area contributed by atoms with E-state index < -0.39 is 10.0 Å². The van der Waals surface area contributed by atoms with Gasteiger partial charge in [0.15, 0.2) is 5.13 Å². The summed E-state index contributed by atoms with van der Waals surface area (Å²) in [7, 11) is -3.65. The topological polar surface area (TPSA) is 73.8 Å². The Kier molecular flexibility index (Phi) is 6.18. The summed E-state index contributed by atoms with van der Waals surface area (Å²) in [4.78, 5) is 21.8. The zero-order valence-electron chi connectivity index (χ0n) is 20.0. The minimum absolute atomic E-state index is 0.123. The van der Waals surface area contributed by atoms with Gasteiger partial charge in [0, 0.05) is 44.8 Å². The van der Waals surface area contributed by atoms with Gasteiger partial charge in [-0.1, -0.05) is 35.6 Å². The first-order valence-electron chi connectivity index (χ1n) is 12.2. The summed E-state index contributed by atoms with van der Waals surface area (Å²) in [5, 5.41) is 0.822. The standard InChI is InChI=1S/C27H25FN4O3S2/c28-22-7-10-24-25(17-22)36-27(29-24)31-15-13-30(14-16-31)26(33)20-5-8-23(9-6-20)37(34,35)32-12-11-19-3-1-2-4-21(19)18-32/h1-10,17H,11-16,18H2. The van der Waals surface area contributed by atoms with E-state index in [1.165, 1.54) is 45.5 Å². The molecule has 4 aromatic rings. The number of hydrogen-bond acceptors (Lipinski definition) is 6. The average molecular weight is 537 g/mol. The van der Waals surface area contributed by atoms with Gasteiger partial charge in [-0.05, 0) is 60.0 Å². The molecule has 0 N–H and O–H groups in total. The molecule has 0 radical (unpaired) electrons. The Balaban J connectivity index is 1.11. The van der Waals surface area contributed by atoms with Gasteiger partial charge in [0.05, 0.1) is 15.1 Å². The summed E-state index contributed by atoms with van der Waals surface area (Å²) in [6, 6.07) is 18.7. The van der Waals surface area contributed by atoms with Gasteiger partial charge in [-0.15, -0.1) is 0 Å². The molecule has 0 saturated carbocycles. The van der Waals surface area contributed by atoms with Gasteiger partial charge >= 0.3 is 0 Å². The van der Waals surface area contributed by atoms with Crippen molar-refractivity contribution >= 4 is 42.6 Å². The molecule has 3 heterocycles. The molecule has 0 unspecified atom stereocenters. The Labute approximate surface area is 218 Å². The largest absolute Gasteiger partial charge is 0.345 e. The maximum absolute atomic E-state index is 13.5. The number of rotatable bonds is 4. The summed E-state index contributed by atoms with van der Waals surface area (Å²) in [6.45, 7) is 3.08. The quantitative estimate of drug-likeness (QED) is 0.392. The van der Waals surface area contributed by atoms with Crippen LogP contribution in [0.15, 0.2) is 71.6 Å². The molecule has 10 heteroatoms. The van der Waals surface area contributed by atoms with Crippen LogP contribution in [0.3, 0.4) is 0 Å². The summed E-state index contributed by atoms with van der Waals surface area (Å²) in [5.74, 6) is -0.403. The van der Waals surface area contributed by atoms with Crippen LogP contribution < -0.4 is 4.90 Å². The molecule has 37 heavy (non-hydrogen) atoms. The van der Waals surface area contributed by atoms with Crippen molar-refractivity contribution in [2.75, 3.05) is 37.6 Å². The smallest absolute Gasteiger partial charge is 0.253 e. The number of nitrogens with zero attached hydrogens (tertiary/aromatic N) is 4. The molecule has 1 fully saturated rings. The zero-order chi connectivity index (χ0) is 25.6. The second kappa shape index (κ2) is 9.51. The molecule has 0 atom stereocenters. The highest BCUT2D eigenvalue weighted by atomic mass is 32.2. The number of thiazole rings is 1. The van der Waals surface area contributed by atoms with Crippen molar-refractivity contribution < 1.29 is 17.6 Å². The number of benzene rings is 3. The van der Waals surface area contributed by atoms with Crippen LogP contribution in [0.1, 0.15) is 21.5 Å². The highest BCUT2D eigenvalue weighted by Gasteiger charge is 2.29. The predicted molar refractivity (Wildman–Crippen MR) is 142 cm³/mol. The fourth-order valence-corrected chi connectivity index (χ4v) is 7.36. The summed E-state index contributed by atoms with van der Waals surface area (Å²) < 4.78 is 42.3. The summed E-state index contributed by atoms with van der Waals surface area (Å²) in [5.41, 5.74) is 3.45. The van der Waals surface area contributed by atoms with Gasteiger partial charge in [0.1, 0.15) is 5.82 Å². The Bertz CT molecular complexity index is 1580. The predicted octanol–water partition coefficient (Wildman–Crippen LogP) is 4.14. The first-order valence-corrected chi connectivity index (χ1v) is 14.4. The fourth-order valence-electron chi connectivity index (χ4n) is 4.90. The minimum atomic E-state index is -3.65. The van der Waals surface area contributed by atoms with Gasteiger partial charge in [-0.25, -0.2) is 17.8 Å². The molecule has 190 valence electrons. The first-order chi connectivity index (χ1) is 17.9. The van der Waals surface area contributed by atoms with Crippen LogP contribution in [0.2, 0.25) is 0 Å². The van der Waals surface area contributed by atoms with E-state index >= 15 is 0 Å². The molecule has 2 aliphatic rings. The highest BCUT2D eigenvalue weighted by molar-refractivity contribution is 7.89. The van der Waals surface area contributed by atoms with Gasteiger partial charge in [-0.2, -0.15) is 4.31 Å². The maximum atomic E-state index is 13.5. The lowest BCUT2D eigenvalue weighted by Gasteiger charge is -2.34. The van der Waals surface area contributed by atoms with Crippen molar-refractivity contribution in [1.82, 2.24) is 14.2 Å². The molecular weight excluding hydrogens is 511 g/mol. The number of fused-ring (bicyclic) bond motifs is 2. The second-order valence-corrected chi connectivity index (χ2v) is 12.2. The van der Waals surface area contributed by atoms with Crippen molar-refractivity contribution in [3.05, 3.63) is 89.2 Å². The molecule has 0 aliphatic carbocycles. The van der Waals surface area contributed by atoms with E-state index in [1.54, 1.807) is 23.1 Å². The molecule has 2 aliphatic heterocycles. The lowest BCUT2D eigenvalue weighted by molar-refractivity contribution is 0.0746.